The Morgan fingerprint density at radius 2 is 2.10 bits per heavy atom. The molecule has 0 aliphatic heterocycles. The Bertz CT molecular complexity index is 527. The van der Waals surface area contributed by atoms with Crippen molar-refractivity contribution in [2.24, 2.45) is 0 Å². The first-order valence-corrected chi connectivity index (χ1v) is 7.76. The third-order valence-electron chi connectivity index (χ3n) is 3.56. The monoisotopic (exact) mass is 306 g/mol. The Labute approximate surface area is 131 Å². The fraction of sp³-hybridized carbons (Fsp3) is 0.412. The molecule has 0 spiro atoms. The molecule has 0 aliphatic carbocycles. The summed E-state index contributed by atoms with van der Waals surface area (Å²) in [7, 11) is 2.13. The van der Waals surface area contributed by atoms with Crippen molar-refractivity contribution in [2.75, 3.05) is 20.1 Å². The predicted octanol–water partition coefficient (Wildman–Crippen LogP) is 4.11. The molecule has 4 heteroatoms. The minimum absolute atomic E-state index is 0.287. The van der Waals surface area contributed by atoms with E-state index in [1.807, 2.05) is 24.3 Å². The molecule has 3 nitrogen and oxygen atoms in total. The molecule has 1 aromatic heterocycles. The van der Waals surface area contributed by atoms with Gasteiger partial charge in [-0.3, -0.25) is 0 Å². The van der Waals surface area contributed by atoms with Crippen LogP contribution in [0.3, 0.4) is 0 Å². The number of rotatable bonds is 8. The van der Waals surface area contributed by atoms with Crippen LogP contribution < -0.4 is 5.32 Å². The molecule has 0 aliphatic rings. The Kier molecular flexibility index (Phi) is 6.30. The predicted molar refractivity (Wildman–Crippen MR) is 87.5 cm³/mol. The van der Waals surface area contributed by atoms with Crippen molar-refractivity contribution in [3.63, 3.8) is 0 Å². The number of nitrogens with zero attached hydrogens (tertiary/aromatic N) is 1. The highest BCUT2D eigenvalue weighted by Gasteiger charge is 2.14. The molecular formula is C17H23ClN2O. The highest BCUT2D eigenvalue weighted by atomic mass is 35.5. The van der Waals surface area contributed by atoms with Crippen molar-refractivity contribution >= 4 is 11.6 Å². The van der Waals surface area contributed by atoms with Gasteiger partial charge in [0.05, 0.1) is 12.5 Å². The van der Waals surface area contributed by atoms with Crippen LogP contribution in [0.4, 0.5) is 0 Å². The van der Waals surface area contributed by atoms with Gasteiger partial charge in [-0.1, -0.05) is 36.7 Å². The summed E-state index contributed by atoms with van der Waals surface area (Å²) in [6.07, 6.45) is 4.53. The molecule has 2 rings (SSSR count). The standard InChI is InChI=1S/C17H23ClN2O/c1-3-19-17(15-6-4-5-7-16(15)18)8-10-20(2)12-14-9-11-21-13-14/h4-7,9,11,13,17,19H,3,8,10,12H2,1-2H3. The Balaban J connectivity index is 1.92. The molecule has 0 saturated carbocycles. The van der Waals surface area contributed by atoms with Gasteiger partial charge in [0.2, 0.25) is 0 Å². The normalized spacial score (nSPS) is 12.8. The van der Waals surface area contributed by atoms with Crippen molar-refractivity contribution in [1.29, 1.82) is 0 Å². The van der Waals surface area contributed by atoms with Gasteiger partial charge in [0.15, 0.2) is 0 Å². The first-order chi connectivity index (χ1) is 10.2. The average Bonchev–Trinajstić information content (AvgIpc) is 2.97. The summed E-state index contributed by atoms with van der Waals surface area (Å²) in [5, 5.41) is 4.36. The van der Waals surface area contributed by atoms with Gasteiger partial charge in [0.1, 0.15) is 0 Å². The van der Waals surface area contributed by atoms with Crippen molar-refractivity contribution in [3.05, 3.63) is 59.0 Å². The fourth-order valence-electron chi connectivity index (χ4n) is 2.49. The summed E-state index contributed by atoms with van der Waals surface area (Å²) in [6, 6.07) is 10.4. The topological polar surface area (TPSA) is 28.4 Å². The SMILES string of the molecule is CCNC(CCN(C)Cc1ccoc1)c1ccccc1Cl. The largest absolute Gasteiger partial charge is 0.472 e. The van der Waals surface area contributed by atoms with Crippen LogP contribution in [-0.4, -0.2) is 25.0 Å². The maximum atomic E-state index is 6.32. The fourth-order valence-corrected chi connectivity index (χ4v) is 2.76. The average molecular weight is 307 g/mol. The summed E-state index contributed by atoms with van der Waals surface area (Å²) in [5.74, 6) is 0. The highest BCUT2D eigenvalue weighted by Crippen LogP contribution is 2.25. The van der Waals surface area contributed by atoms with Crippen LogP contribution in [0.1, 0.15) is 30.5 Å². The van der Waals surface area contributed by atoms with E-state index in [9.17, 15) is 0 Å². The smallest absolute Gasteiger partial charge is 0.0947 e. The minimum atomic E-state index is 0.287. The van der Waals surface area contributed by atoms with Crippen LogP contribution in [0.5, 0.6) is 0 Å². The minimum Gasteiger partial charge on any atom is -0.472 e. The quantitative estimate of drug-likeness (QED) is 0.795. The van der Waals surface area contributed by atoms with E-state index < -0.39 is 0 Å². The Morgan fingerprint density at radius 1 is 1.29 bits per heavy atom. The number of hydrogen-bond donors (Lipinski definition) is 1. The number of benzene rings is 1. The molecule has 1 unspecified atom stereocenters. The molecule has 0 saturated heterocycles. The van der Waals surface area contributed by atoms with E-state index >= 15 is 0 Å². The van der Waals surface area contributed by atoms with Crippen molar-refractivity contribution in [1.82, 2.24) is 10.2 Å². The van der Waals surface area contributed by atoms with Crippen LogP contribution >= 0.6 is 11.6 Å². The summed E-state index contributed by atoms with van der Waals surface area (Å²) >= 11 is 6.32. The molecule has 1 heterocycles. The maximum Gasteiger partial charge on any atom is 0.0947 e. The van der Waals surface area contributed by atoms with E-state index in [0.717, 1.165) is 31.1 Å². The summed E-state index contributed by atoms with van der Waals surface area (Å²) < 4.78 is 5.11. The molecule has 2 aromatic rings. The molecular weight excluding hydrogens is 284 g/mol. The van der Waals surface area contributed by atoms with Crippen LogP contribution in [0.25, 0.3) is 0 Å². The molecule has 1 atom stereocenters. The summed E-state index contributed by atoms with van der Waals surface area (Å²) in [4.78, 5) is 2.30. The molecule has 114 valence electrons. The van der Waals surface area contributed by atoms with Gasteiger partial charge in [-0.05, 0) is 44.3 Å². The third kappa shape index (κ3) is 4.88. The number of furan rings is 1. The number of nitrogens with one attached hydrogen (secondary N) is 1. The Morgan fingerprint density at radius 3 is 2.76 bits per heavy atom. The molecule has 1 aromatic carbocycles. The van der Waals surface area contributed by atoms with Crippen LogP contribution in [0, 0.1) is 0 Å². The first kappa shape index (κ1) is 16.1. The summed E-state index contributed by atoms with van der Waals surface area (Å²) in [5.41, 5.74) is 2.38. The highest BCUT2D eigenvalue weighted by molar-refractivity contribution is 6.31. The summed E-state index contributed by atoms with van der Waals surface area (Å²) in [6.45, 7) is 4.95. The van der Waals surface area contributed by atoms with Crippen molar-refractivity contribution in [2.45, 2.75) is 25.9 Å². The molecule has 0 fully saturated rings. The van der Waals surface area contributed by atoms with Gasteiger partial charge in [0, 0.05) is 23.2 Å². The second kappa shape index (κ2) is 8.23. The molecule has 1 N–H and O–H groups in total. The van der Waals surface area contributed by atoms with E-state index in [1.54, 1.807) is 12.5 Å². The van der Waals surface area contributed by atoms with Crippen molar-refractivity contribution < 1.29 is 4.42 Å². The van der Waals surface area contributed by atoms with Gasteiger partial charge in [0.25, 0.3) is 0 Å². The van der Waals surface area contributed by atoms with E-state index in [2.05, 4.69) is 30.3 Å². The van der Waals surface area contributed by atoms with Gasteiger partial charge in [-0.2, -0.15) is 0 Å². The second-order valence-electron chi connectivity index (χ2n) is 5.29. The van der Waals surface area contributed by atoms with Gasteiger partial charge < -0.3 is 14.6 Å². The van der Waals surface area contributed by atoms with Gasteiger partial charge in [-0.25, -0.2) is 0 Å². The van der Waals surface area contributed by atoms with E-state index in [-0.39, 0.29) is 6.04 Å². The van der Waals surface area contributed by atoms with Crippen LogP contribution in [0.15, 0.2) is 47.3 Å². The van der Waals surface area contributed by atoms with E-state index in [4.69, 9.17) is 16.0 Å². The van der Waals surface area contributed by atoms with Gasteiger partial charge in [-0.15, -0.1) is 0 Å². The van der Waals surface area contributed by atoms with Crippen LogP contribution in [-0.2, 0) is 6.54 Å². The van der Waals surface area contributed by atoms with E-state index in [1.165, 1.54) is 11.1 Å². The zero-order valence-corrected chi connectivity index (χ0v) is 13.4. The first-order valence-electron chi connectivity index (χ1n) is 7.38. The molecule has 0 bridgehead atoms. The molecule has 0 amide bonds. The van der Waals surface area contributed by atoms with Gasteiger partial charge >= 0.3 is 0 Å². The Hall–Kier alpha value is -1.29. The number of hydrogen-bond acceptors (Lipinski definition) is 3. The zero-order valence-electron chi connectivity index (χ0n) is 12.7. The molecule has 21 heavy (non-hydrogen) atoms. The lowest BCUT2D eigenvalue weighted by Crippen LogP contribution is -2.27. The lowest BCUT2D eigenvalue weighted by atomic mass is 10.0. The van der Waals surface area contributed by atoms with Crippen LogP contribution in [0.2, 0.25) is 5.02 Å². The zero-order chi connectivity index (χ0) is 15.1. The lowest BCUT2D eigenvalue weighted by molar-refractivity contribution is 0.300. The lowest BCUT2D eigenvalue weighted by Gasteiger charge is -2.23. The number of halogens is 1. The third-order valence-corrected chi connectivity index (χ3v) is 3.91. The second-order valence-corrected chi connectivity index (χ2v) is 5.70. The van der Waals surface area contributed by atoms with E-state index in [0.29, 0.717) is 0 Å². The molecule has 0 radical (unpaired) electrons. The van der Waals surface area contributed by atoms with Crippen molar-refractivity contribution in [3.8, 4) is 0 Å². The maximum absolute atomic E-state index is 6.32.